The molecule has 0 aliphatic heterocycles. The molecular weight excluding hydrogens is 372 g/mol. The van der Waals surface area contributed by atoms with Crippen molar-refractivity contribution < 1.29 is 4.79 Å². The van der Waals surface area contributed by atoms with Crippen LogP contribution in [-0.4, -0.2) is 15.3 Å². The number of carbonyl (C=O) groups excluding carboxylic acids is 1. The summed E-state index contributed by atoms with van der Waals surface area (Å²) in [5, 5.41) is 0. The van der Waals surface area contributed by atoms with Gasteiger partial charge in [0.2, 0.25) is 0 Å². The van der Waals surface area contributed by atoms with E-state index in [1.165, 1.54) is 12.0 Å². The topological polar surface area (TPSA) is 86.4 Å². The minimum atomic E-state index is -0.462. The Morgan fingerprint density at radius 2 is 1.97 bits per heavy atom. The molecule has 5 heteroatoms. The molecular formula is C25H26N4O. The minimum absolute atomic E-state index is 0.176. The summed E-state index contributed by atoms with van der Waals surface area (Å²) < 4.78 is 2.04. The van der Waals surface area contributed by atoms with Crippen molar-refractivity contribution in [1.29, 1.82) is 0 Å². The molecule has 1 saturated carbocycles. The first-order valence-electron chi connectivity index (χ1n) is 10.5. The Morgan fingerprint density at radius 3 is 2.57 bits per heavy atom. The highest BCUT2D eigenvalue weighted by Gasteiger charge is 2.34. The van der Waals surface area contributed by atoms with Crippen LogP contribution in [0, 0.1) is 6.92 Å². The Labute approximate surface area is 176 Å². The van der Waals surface area contributed by atoms with Gasteiger partial charge in [-0.15, -0.1) is 0 Å². The number of pyridine rings is 1. The lowest BCUT2D eigenvalue weighted by Crippen LogP contribution is -2.43. The summed E-state index contributed by atoms with van der Waals surface area (Å²) >= 11 is 0. The van der Waals surface area contributed by atoms with E-state index in [1.54, 1.807) is 0 Å². The van der Waals surface area contributed by atoms with Crippen LogP contribution in [0.5, 0.6) is 0 Å². The van der Waals surface area contributed by atoms with Crippen molar-refractivity contribution >= 4 is 11.6 Å². The predicted molar refractivity (Wildman–Crippen MR) is 119 cm³/mol. The quantitative estimate of drug-likeness (QED) is 0.685. The molecule has 0 bridgehead atoms. The van der Waals surface area contributed by atoms with E-state index < -0.39 is 5.91 Å². The molecule has 30 heavy (non-hydrogen) atoms. The van der Waals surface area contributed by atoms with E-state index in [1.807, 2.05) is 23.6 Å². The van der Waals surface area contributed by atoms with Gasteiger partial charge in [0.05, 0.1) is 17.0 Å². The molecule has 2 aliphatic rings. The number of primary amides is 1. The number of aromatic nitrogens is 2. The summed E-state index contributed by atoms with van der Waals surface area (Å²) in [5.41, 5.74) is 18.2. The molecule has 1 aromatic carbocycles. The van der Waals surface area contributed by atoms with Crippen molar-refractivity contribution in [1.82, 2.24) is 9.38 Å². The Morgan fingerprint density at radius 1 is 1.20 bits per heavy atom. The van der Waals surface area contributed by atoms with Gasteiger partial charge in [0, 0.05) is 23.2 Å². The number of aryl methyl sites for hydroxylation is 1. The van der Waals surface area contributed by atoms with E-state index in [4.69, 9.17) is 16.5 Å². The molecule has 1 unspecified atom stereocenters. The van der Waals surface area contributed by atoms with Crippen LogP contribution in [0.4, 0.5) is 0 Å². The third-order valence-corrected chi connectivity index (χ3v) is 6.47. The van der Waals surface area contributed by atoms with Crippen LogP contribution in [0.15, 0.2) is 60.8 Å². The van der Waals surface area contributed by atoms with Crippen LogP contribution >= 0.6 is 0 Å². The average molecular weight is 399 g/mol. The van der Waals surface area contributed by atoms with Crippen molar-refractivity contribution in [3.8, 4) is 11.3 Å². The molecule has 0 radical (unpaired) electrons. The molecule has 1 atom stereocenters. The fourth-order valence-corrected chi connectivity index (χ4v) is 4.64. The lowest BCUT2D eigenvalue weighted by molar-refractivity contribution is 0.100. The van der Waals surface area contributed by atoms with Crippen molar-refractivity contribution in [2.75, 3.05) is 0 Å². The van der Waals surface area contributed by atoms with Crippen LogP contribution in [-0.2, 0) is 5.54 Å². The van der Waals surface area contributed by atoms with Gasteiger partial charge in [-0.3, -0.25) is 4.79 Å². The highest BCUT2D eigenvalue weighted by molar-refractivity contribution is 5.99. The third-order valence-electron chi connectivity index (χ3n) is 6.47. The first-order chi connectivity index (χ1) is 14.5. The second kappa shape index (κ2) is 6.96. The Balaban J connectivity index is 1.70. The molecule has 5 nitrogen and oxygen atoms in total. The molecule has 2 aromatic heterocycles. The van der Waals surface area contributed by atoms with Gasteiger partial charge >= 0.3 is 0 Å². The lowest BCUT2D eigenvalue weighted by atomic mass is 9.72. The van der Waals surface area contributed by atoms with E-state index in [9.17, 15) is 4.79 Å². The largest absolute Gasteiger partial charge is 0.365 e. The number of fused-ring (bicyclic) bond motifs is 1. The Hall–Kier alpha value is -3.18. The van der Waals surface area contributed by atoms with Crippen molar-refractivity contribution in [2.24, 2.45) is 11.5 Å². The van der Waals surface area contributed by atoms with Gasteiger partial charge in [0.15, 0.2) is 5.65 Å². The fraction of sp³-hybridized carbons (Fsp3) is 0.280. The molecule has 2 heterocycles. The second-order valence-electron chi connectivity index (χ2n) is 8.58. The number of carbonyl (C=O) groups is 1. The average Bonchev–Trinajstić information content (AvgIpc) is 3.11. The van der Waals surface area contributed by atoms with Crippen LogP contribution in [0.25, 0.3) is 16.9 Å². The van der Waals surface area contributed by atoms with Gasteiger partial charge in [-0.25, -0.2) is 4.98 Å². The zero-order chi connectivity index (χ0) is 20.9. The van der Waals surface area contributed by atoms with Crippen LogP contribution in [0.2, 0.25) is 0 Å². The zero-order valence-corrected chi connectivity index (χ0v) is 17.1. The number of imidazole rings is 1. The molecule has 152 valence electrons. The number of rotatable bonds is 4. The lowest BCUT2D eigenvalue weighted by Gasteiger charge is -2.38. The summed E-state index contributed by atoms with van der Waals surface area (Å²) in [7, 11) is 0. The number of hydrogen-bond acceptors (Lipinski definition) is 3. The van der Waals surface area contributed by atoms with Gasteiger partial charge in [0.25, 0.3) is 5.91 Å². The molecule has 0 saturated heterocycles. The minimum Gasteiger partial charge on any atom is -0.365 e. The maximum absolute atomic E-state index is 12.1. The summed E-state index contributed by atoms with van der Waals surface area (Å²) in [6.07, 6.45) is 14.7. The van der Waals surface area contributed by atoms with E-state index in [0.717, 1.165) is 41.8 Å². The molecule has 3 aromatic rings. The zero-order valence-electron chi connectivity index (χ0n) is 17.1. The monoisotopic (exact) mass is 398 g/mol. The third kappa shape index (κ3) is 2.97. The molecule has 2 aliphatic carbocycles. The maximum Gasteiger partial charge on any atom is 0.252 e. The Bertz CT molecular complexity index is 1200. The first kappa shape index (κ1) is 18.8. The van der Waals surface area contributed by atoms with Crippen LogP contribution < -0.4 is 11.5 Å². The molecule has 4 N–H and O–H groups in total. The number of nitrogens with zero attached hydrogens (tertiary/aromatic N) is 2. The van der Waals surface area contributed by atoms with E-state index in [0.29, 0.717) is 11.2 Å². The maximum atomic E-state index is 12.1. The van der Waals surface area contributed by atoms with Crippen molar-refractivity contribution in [3.05, 3.63) is 83.2 Å². The van der Waals surface area contributed by atoms with Crippen molar-refractivity contribution in [3.63, 3.8) is 0 Å². The number of allylic oxidation sites excluding steroid dienone is 4. The summed E-state index contributed by atoms with van der Waals surface area (Å²) in [4.78, 5) is 17.0. The number of benzene rings is 1. The highest BCUT2D eigenvalue weighted by atomic mass is 16.1. The normalized spacial score (nSPS) is 19.7. The molecule has 1 fully saturated rings. The second-order valence-corrected chi connectivity index (χ2v) is 8.58. The summed E-state index contributed by atoms with van der Waals surface area (Å²) in [5.74, 6) is -0.286. The van der Waals surface area contributed by atoms with E-state index >= 15 is 0 Å². The fourth-order valence-electron chi connectivity index (χ4n) is 4.64. The summed E-state index contributed by atoms with van der Waals surface area (Å²) in [6.45, 7) is 1.97. The van der Waals surface area contributed by atoms with Gasteiger partial charge in [-0.05, 0) is 49.8 Å². The van der Waals surface area contributed by atoms with Crippen molar-refractivity contribution in [2.45, 2.75) is 44.1 Å². The van der Waals surface area contributed by atoms with Gasteiger partial charge in [-0.2, -0.15) is 0 Å². The molecule has 1 amide bonds. The highest BCUT2D eigenvalue weighted by Crippen LogP contribution is 2.40. The van der Waals surface area contributed by atoms with Gasteiger partial charge in [0.1, 0.15) is 0 Å². The van der Waals surface area contributed by atoms with E-state index in [-0.39, 0.29) is 11.5 Å². The predicted octanol–water partition coefficient (Wildman–Crippen LogP) is 4.35. The van der Waals surface area contributed by atoms with E-state index in [2.05, 4.69) is 48.6 Å². The SMILES string of the molecule is Cc1cc(C(N)=O)c2nc(-c3ccc(C4(N)CCC4)cc3)c(C3C=CC=CC3)n2c1. The van der Waals surface area contributed by atoms with Crippen LogP contribution in [0.3, 0.4) is 0 Å². The first-order valence-corrected chi connectivity index (χ1v) is 10.5. The summed E-state index contributed by atoms with van der Waals surface area (Å²) in [6, 6.07) is 10.3. The van der Waals surface area contributed by atoms with Gasteiger partial charge < -0.3 is 15.9 Å². The number of hydrogen-bond donors (Lipinski definition) is 2. The molecule has 0 spiro atoms. The molecule has 5 rings (SSSR count). The standard InChI is InChI=1S/C25H26N4O/c1-16-14-20(23(26)30)24-28-21(22(29(24)15-16)18-6-3-2-4-7-18)17-8-10-19(11-9-17)25(27)12-5-13-25/h2-4,6,8-11,14-15,18H,5,7,12-13,27H2,1H3,(H2,26,30). The Kier molecular flexibility index (Phi) is 4.36. The van der Waals surface area contributed by atoms with Crippen LogP contribution in [0.1, 0.15) is 58.8 Å². The number of nitrogens with two attached hydrogens (primary N) is 2. The number of amides is 1. The smallest absolute Gasteiger partial charge is 0.252 e. The van der Waals surface area contributed by atoms with Gasteiger partial charge in [-0.1, -0.05) is 48.6 Å².